The minimum absolute atomic E-state index is 0.0323. The van der Waals surface area contributed by atoms with Gasteiger partial charge in [0.05, 0.1) is 18.2 Å². The predicted molar refractivity (Wildman–Crippen MR) is 103 cm³/mol. The number of carbonyl (C=O) groups is 2. The molecule has 3 rings (SSSR count). The molecule has 0 spiro atoms. The van der Waals surface area contributed by atoms with Crippen molar-refractivity contribution in [2.75, 3.05) is 0 Å². The molecule has 0 unspecified atom stereocenters. The summed E-state index contributed by atoms with van der Waals surface area (Å²) in [6.45, 7) is 1.82. The van der Waals surface area contributed by atoms with E-state index >= 15 is 0 Å². The highest BCUT2D eigenvalue weighted by atomic mass is 19.2. The van der Waals surface area contributed by atoms with Crippen molar-refractivity contribution in [2.45, 2.75) is 19.4 Å². The number of aliphatic carboxylic acids is 1. The van der Waals surface area contributed by atoms with E-state index in [4.69, 9.17) is 0 Å². The molecule has 0 saturated heterocycles. The Labute approximate surface area is 166 Å². The first-order valence-electron chi connectivity index (χ1n) is 8.86. The smallest absolute Gasteiger partial charge is 0.305 e. The minimum atomic E-state index is -1.07. The van der Waals surface area contributed by atoms with Crippen molar-refractivity contribution in [3.63, 3.8) is 0 Å². The van der Waals surface area contributed by atoms with Crippen LogP contribution in [0.15, 0.2) is 60.7 Å². The summed E-state index contributed by atoms with van der Waals surface area (Å²) < 4.78 is 27.6. The van der Waals surface area contributed by atoms with Gasteiger partial charge in [0.2, 0.25) is 0 Å². The number of carboxylic acid groups (broad SMARTS) is 1. The average molecular weight is 396 g/mol. The summed E-state index contributed by atoms with van der Waals surface area (Å²) in [5, 5.41) is 11.9. The maximum absolute atomic E-state index is 14.1. The van der Waals surface area contributed by atoms with Crippen LogP contribution in [-0.4, -0.2) is 22.0 Å². The van der Waals surface area contributed by atoms with E-state index in [1.807, 2.05) is 19.1 Å². The molecule has 0 aliphatic carbocycles. The summed E-state index contributed by atoms with van der Waals surface area (Å²) in [6, 6.07) is 14.5. The Morgan fingerprint density at radius 1 is 1.03 bits per heavy atom. The van der Waals surface area contributed by atoms with E-state index in [1.54, 1.807) is 12.1 Å². The van der Waals surface area contributed by atoms with Gasteiger partial charge < -0.3 is 10.4 Å². The number of aromatic nitrogens is 1. The second kappa shape index (κ2) is 8.60. The Kier molecular flexibility index (Phi) is 5.97. The van der Waals surface area contributed by atoms with Gasteiger partial charge in [0.15, 0.2) is 11.6 Å². The zero-order valence-electron chi connectivity index (χ0n) is 15.5. The number of hydrogen-bond acceptors (Lipinski definition) is 3. The fourth-order valence-corrected chi connectivity index (χ4v) is 3.04. The van der Waals surface area contributed by atoms with E-state index in [2.05, 4.69) is 10.3 Å². The SMILES string of the molecule is Cc1ccccc1[C@H](CC(=O)O)NC(=O)c1cccc(-c2cccc(F)c2F)n1. The van der Waals surface area contributed by atoms with Crippen LogP contribution in [-0.2, 0) is 4.79 Å². The molecule has 1 amide bonds. The molecule has 1 heterocycles. The molecule has 3 aromatic rings. The molecule has 0 saturated carbocycles. The molecule has 29 heavy (non-hydrogen) atoms. The minimum Gasteiger partial charge on any atom is -0.481 e. The van der Waals surface area contributed by atoms with Crippen LogP contribution in [0.1, 0.15) is 34.1 Å². The van der Waals surface area contributed by atoms with E-state index in [0.717, 1.165) is 11.6 Å². The number of benzene rings is 2. The molecule has 1 atom stereocenters. The number of carbonyl (C=O) groups excluding carboxylic acids is 1. The molecule has 0 aliphatic rings. The van der Waals surface area contributed by atoms with E-state index < -0.39 is 29.6 Å². The monoisotopic (exact) mass is 396 g/mol. The third kappa shape index (κ3) is 4.63. The number of hydrogen-bond donors (Lipinski definition) is 2. The molecular formula is C22H18F2N2O3. The van der Waals surface area contributed by atoms with Crippen LogP contribution in [0.3, 0.4) is 0 Å². The predicted octanol–water partition coefficient (Wildman–Crippen LogP) is 4.28. The quantitative estimate of drug-likeness (QED) is 0.652. The Morgan fingerprint density at radius 2 is 1.76 bits per heavy atom. The first-order valence-corrected chi connectivity index (χ1v) is 8.86. The second-order valence-corrected chi connectivity index (χ2v) is 6.49. The fraction of sp³-hybridized carbons (Fsp3) is 0.136. The van der Waals surface area contributed by atoms with E-state index in [1.165, 1.54) is 30.3 Å². The highest BCUT2D eigenvalue weighted by molar-refractivity contribution is 5.93. The Hall–Kier alpha value is -3.61. The molecule has 0 bridgehead atoms. The normalized spacial score (nSPS) is 11.7. The number of carboxylic acids is 1. The van der Waals surface area contributed by atoms with Crippen LogP contribution >= 0.6 is 0 Å². The zero-order valence-corrected chi connectivity index (χ0v) is 15.5. The van der Waals surface area contributed by atoms with Crippen LogP contribution in [0.5, 0.6) is 0 Å². The third-order valence-corrected chi connectivity index (χ3v) is 4.46. The van der Waals surface area contributed by atoms with Crippen molar-refractivity contribution >= 4 is 11.9 Å². The lowest BCUT2D eigenvalue weighted by molar-refractivity contribution is -0.137. The first kappa shape index (κ1) is 20.1. The van der Waals surface area contributed by atoms with Gasteiger partial charge in [-0.3, -0.25) is 9.59 Å². The summed E-state index contributed by atoms with van der Waals surface area (Å²) in [4.78, 5) is 28.1. The molecule has 1 aromatic heterocycles. The van der Waals surface area contributed by atoms with Gasteiger partial charge in [-0.1, -0.05) is 36.4 Å². The van der Waals surface area contributed by atoms with Gasteiger partial charge in [-0.15, -0.1) is 0 Å². The Morgan fingerprint density at radius 3 is 2.48 bits per heavy atom. The maximum Gasteiger partial charge on any atom is 0.305 e. The van der Waals surface area contributed by atoms with Gasteiger partial charge >= 0.3 is 5.97 Å². The number of nitrogens with one attached hydrogen (secondary N) is 1. The van der Waals surface area contributed by atoms with Crippen molar-refractivity contribution in [2.24, 2.45) is 0 Å². The molecular weight excluding hydrogens is 378 g/mol. The number of rotatable bonds is 6. The molecule has 7 heteroatoms. The van der Waals surface area contributed by atoms with Gasteiger partial charge in [-0.05, 0) is 42.3 Å². The molecule has 0 radical (unpaired) electrons. The molecule has 148 valence electrons. The van der Waals surface area contributed by atoms with Crippen LogP contribution in [0.25, 0.3) is 11.3 Å². The van der Waals surface area contributed by atoms with Gasteiger partial charge in [-0.25, -0.2) is 13.8 Å². The lowest BCUT2D eigenvalue weighted by Crippen LogP contribution is -2.31. The van der Waals surface area contributed by atoms with Crippen LogP contribution in [0, 0.1) is 18.6 Å². The van der Waals surface area contributed by atoms with E-state index in [9.17, 15) is 23.5 Å². The molecule has 2 aromatic carbocycles. The largest absolute Gasteiger partial charge is 0.481 e. The maximum atomic E-state index is 14.1. The van der Waals surface area contributed by atoms with Crippen LogP contribution < -0.4 is 5.32 Å². The number of halogens is 2. The van der Waals surface area contributed by atoms with Crippen LogP contribution in [0.2, 0.25) is 0 Å². The number of amides is 1. The number of pyridine rings is 1. The zero-order chi connectivity index (χ0) is 21.0. The average Bonchev–Trinajstić information content (AvgIpc) is 2.69. The number of aryl methyl sites for hydroxylation is 1. The Bertz CT molecular complexity index is 1070. The summed E-state index contributed by atoms with van der Waals surface area (Å²) in [5.41, 5.74) is 1.51. The summed E-state index contributed by atoms with van der Waals surface area (Å²) in [5.74, 6) is -3.75. The van der Waals surface area contributed by atoms with Gasteiger partial charge in [0.1, 0.15) is 5.69 Å². The fourth-order valence-electron chi connectivity index (χ4n) is 3.04. The Balaban J connectivity index is 1.90. The lowest BCUT2D eigenvalue weighted by atomic mass is 9.98. The molecule has 2 N–H and O–H groups in total. The van der Waals surface area contributed by atoms with Crippen molar-refractivity contribution in [3.8, 4) is 11.3 Å². The van der Waals surface area contributed by atoms with Crippen molar-refractivity contribution in [1.29, 1.82) is 0 Å². The topological polar surface area (TPSA) is 79.3 Å². The van der Waals surface area contributed by atoms with Crippen molar-refractivity contribution in [3.05, 3.63) is 89.1 Å². The highest BCUT2D eigenvalue weighted by Gasteiger charge is 2.21. The second-order valence-electron chi connectivity index (χ2n) is 6.49. The summed E-state index contributed by atoms with van der Waals surface area (Å²) in [6.07, 6.45) is -0.311. The van der Waals surface area contributed by atoms with Gasteiger partial charge in [0.25, 0.3) is 5.91 Å². The standard InChI is InChI=1S/C22H18F2N2O3/c1-13-6-2-3-7-14(13)19(12-20(27)28)26-22(29)18-11-5-10-17(25-18)15-8-4-9-16(23)21(15)24/h2-11,19H,12H2,1H3,(H,26,29)(H,27,28)/t19-/m0/s1. The van der Waals surface area contributed by atoms with Gasteiger partial charge in [-0.2, -0.15) is 0 Å². The molecule has 0 aliphatic heterocycles. The van der Waals surface area contributed by atoms with Crippen molar-refractivity contribution < 1.29 is 23.5 Å². The van der Waals surface area contributed by atoms with E-state index in [-0.39, 0.29) is 23.4 Å². The number of nitrogens with zero attached hydrogens (tertiary/aromatic N) is 1. The molecule has 0 fully saturated rings. The van der Waals surface area contributed by atoms with E-state index in [0.29, 0.717) is 5.56 Å². The summed E-state index contributed by atoms with van der Waals surface area (Å²) in [7, 11) is 0. The third-order valence-electron chi connectivity index (χ3n) is 4.46. The highest BCUT2D eigenvalue weighted by Crippen LogP contribution is 2.24. The first-order chi connectivity index (χ1) is 13.9. The van der Waals surface area contributed by atoms with Crippen LogP contribution in [0.4, 0.5) is 8.78 Å². The lowest BCUT2D eigenvalue weighted by Gasteiger charge is -2.19. The van der Waals surface area contributed by atoms with Gasteiger partial charge in [0, 0.05) is 5.56 Å². The molecule has 5 nitrogen and oxygen atoms in total. The summed E-state index contributed by atoms with van der Waals surface area (Å²) >= 11 is 0. The van der Waals surface area contributed by atoms with Crippen molar-refractivity contribution in [1.82, 2.24) is 10.3 Å².